The molecule has 2 aromatic heterocycles. The van der Waals surface area contributed by atoms with Crippen molar-refractivity contribution in [3.8, 4) is 28.8 Å². The molecule has 0 spiro atoms. The van der Waals surface area contributed by atoms with Crippen molar-refractivity contribution in [3.63, 3.8) is 0 Å². The highest BCUT2D eigenvalue weighted by molar-refractivity contribution is 7.92. The Hall–Kier alpha value is -3.98. The maximum atomic E-state index is 12.7. The van der Waals surface area contributed by atoms with Gasteiger partial charge in [0.1, 0.15) is 5.75 Å². The SMILES string of the molecule is COc1ccc(-c2cc(Oc3ccccc3)nc(NS(=O)(=O)c3ccccc3)n2)cn1. The molecule has 0 saturated carbocycles. The summed E-state index contributed by atoms with van der Waals surface area (Å²) in [6, 6.07) is 22.1. The quantitative estimate of drug-likeness (QED) is 0.466. The van der Waals surface area contributed by atoms with E-state index in [0.717, 1.165) is 0 Å². The summed E-state index contributed by atoms with van der Waals surface area (Å²) in [5.41, 5.74) is 1.07. The van der Waals surface area contributed by atoms with Gasteiger partial charge in [0.2, 0.25) is 17.7 Å². The lowest BCUT2D eigenvalue weighted by atomic mass is 10.2. The van der Waals surface area contributed by atoms with Crippen LogP contribution in [0.25, 0.3) is 11.3 Å². The maximum absolute atomic E-state index is 12.7. The first-order valence-electron chi connectivity index (χ1n) is 9.24. The largest absolute Gasteiger partial charge is 0.481 e. The first-order chi connectivity index (χ1) is 15.0. The maximum Gasteiger partial charge on any atom is 0.264 e. The molecule has 8 nitrogen and oxygen atoms in total. The van der Waals surface area contributed by atoms with Gasteiger partial charge in [0.05, 0.1) is 17.7 Å². The Morgan fingerprint density at radius 3 is 2.19 bits per heavy atom. The lowest BCUT2D eigenvalue weighted by Crippen LogP contribution is -2.15. The van der Waals surface area contributed by atoms with Crippen molar-refractivity contribution in [1.29, 1.82) is 0 Å². The summed E-state index contributed by atoms with van der Waals surface area (Å²) in [6.45, 7) is 0. The third kappa shape index (κ3) is 4.96. The van der Waals surface area contributed by atoms with E-state index in [4.69, 9.17) is 9.47 Å². The topological polar surface area (TPSA) is 103 Å². The van der Waals surface area contributed by atoms with Crippen LogP contribution in [0.4, 0.5) is 5.95 Å². The number of hydrogen-bond acceptors (Lipinski definition) is 7. The van der Waals surface area contributed by atoms with Gasteiger partial charge in [0.15, 0.2) is 0 Å². The van der Waals surface area contributed by atoms with Crippen LogP contribution in [-0.4, -0.2) is 30.5 Å². The summed E-state index contributed by atoms with van der Waals surface area (Å²) in [6.07, 6.45) is 1.57. The van der Waals surface area contributed by atoms with E-state index < -0.39 is 10.0 Å². The highest BCUT2D eigenvalue weighted by Gasteiger charge is 2.17. The van der Waals surface area contributed by atoms with E-state index in [9.17, 15) is 8.42 Å². The normalized spacial score (nSPS) is 11.0. The van der Waals surface area contributed by atoms with E-state index in [1.54, 1.807) is 54.7 Å². The fourth-order valence-electron chi connectivity index (χ4n) is 2.71. The number of rotatable bonds is 7. The summed E-state index contributed by atoms with van der Waals surface area (Å²) < 4.78 is 38.8. The van der Waals surface area contributed by atoms with Gasteiger partial charge in [-0.25, -0.2) is 23.1 Å². The number of nitrogens with one attached hydrogen (secondary N) is 1. The Morgan fingerprint density at radius 2 is 1.55 bits per heavy atom. The first kappa shape index (κ1) is 20.3. The molecule has 31 heavy (non-hydrogen) atoms. The van der Waals surface area contributed by atoms with Crippen LogP contribution in [0.2, 0.25) is 0 Å². The van der Waals surface area contributed by atoms with E-state index in [1.165, 1.54) is 19.2 Å². The van der Waals surface area contributed by atoms with E-state index in [1.807, 2.05) is 18.2 Å². The number of benzene rings is 2. The summed E-state index contributed by atoms with van der Waals surface area (Å²) >= 11 is 0. The summed E-state index contributed by atoms with van der Waals surface area (Å²) in [4.78, 5) is 12.9. The predicted octanol–water partition coefficient (Wildman–Crippen LogP) is 4.14. The minimum absolute atomic E-state index is 0.0978. The highest BCUT2D eigenvalue weighted by Crippen LogP contribution is 2.27. The molecule has 2 aromatic carbocycles. The van der Waals surface area contributed by atoms with Gasteiger partial charge < -0.3 is 9.47 Å². The lowest BCUT2D eigenvalue weighted by Gasteiger charge is -2.11. The van der Waals surface area contributed by atoms with Gasteiger partial charge in [0, 0.05) is 23.9 Å². The third-order valence-electron chi connectivity index (χ3n) is 4.19. The van der Waals surface area contributed by atoms with Crippen molar-refractivity contribution < 1.29 is 17.9 Å². The number of hydrogen-bond donors (Lipinski definition) is 1. The second-order valence-corrected chi connectivity index (χ2v) is 8.02. The molecular formula is C22H18N4O4S. The minimum Gasteiger partial charge on any atom is -0.481 e. The van der Waals surface area contributed by atoms with Gasteiger partial charge in [-0.3, -0.25) is 0 Å². The second kappa shape index (κ2) is 8.80. The van der Waals surface area contributed by atoms with Gasteiger partial charge in [0.25, 0.3) is 10.0 Å². The zero-order valence-electron chi connectivity index (χ0n) is 16.5. The monoisotopic (exact) mass is 434 g/mol. The molecule has 0 radical (unpaired) electrons. The molecule has 0 fully saturated rings. The smallest absolute Gasteiger partial charge is 0.264 e. The van der Waals surface area contributed by atoms with Gasteiger partial charge in [-0.1, -0.05) is 36.4 Å². The molecule has 0 saturated heterocycles. The Kier molecular flexibility index (Phi) is 5.76. The summed E-state index contributed by atoms with van der Waals surface area (Å²) in [5, 5.41) is 0. The van der Waals surface area contributed by atoms with Crippen molar-refractivity contribution in [2.75, 3.05) is 11.8 Å². The number of sulfonamides is 1. The molecule has 9 heteroatoms. The van der Waals surface area contributed by atoms with Crippen molar-refractivity contribution in [2.24, 2.45) is 0 Å². The predicted molar refractivity (Wildman–Crippen MR) is 116 cm³/mol. The number of para-hydroxylation sites is 1. The van der Waals surface area contributed by atoms with E-state index in [-0.39, 0.29) is 16.7 Å². The van der Waals surface area contributed by atoms with Crippen molar-refractivity contribution in [3.05, 3.63) is 85.1 Å². The molecule has 0 aliphatic rings. The number of pyridine rings is 1. The molecule has 0 atom stereocenters. The minimum atomic E-state index is -3.88. The van der Waals surface area contributed by atoms with Gasteiger partial charge >= 0.3 is 0 Å². The number of methoxy groups -OCH3 is 1. The van der Waals surface area contributed by atoms with E-state index in [2.05, 4.69) is 19.7 Å². The standard InChI is InChI=1S/C22H18N4O4S/c1-29-20-13-12-16(15-23-20)19-14-21(30-17-8-4-2-5-9-17)25-22(24-19)26-31(27,28)18-10-6-3-7-11-18/h2-15H,1H3,(H,24,25,26). The molecule has 1 N–H and O–H groups in total. The van der Waals surface area contributed by atoms with Crippen LogP contribution >= 0.6 is 0 Å². The van der Waals surface area contributed by atoms with Crippen LogP contribution < -0.4 is 14.2 Å². The summed E-state index contributed by atoms with van der Waals surface area (Å²) in [5.74, 6) is 1.06. The highest BCUT2D eigenvalue weighted by atomic mass is 32.2. The Morgan fingerprint density at radius 1 is 0.839 bits per heavy atom. The first-order valence-corrected chi connectivity index (χ1v) is 10.7. The molecule has 156 valence electrons. The number of anilines is 1. The fraction of sp³-hybridized carbons (Fsp3) is 0.0455. The average Bonchev–Trinajstić information content (AvgIpc) is 2.80. The van der Waals surface area contributed by atoms with Crippen LogP contribution in [0.1, 0.15) is 0 Å². The van der Waals surface area contributed by atoms with E-state index >= 15 is 0 Å². The second-order valence-electron chi connectivity index (χ2n) is 6.34. The molecule has 4 aromatic rings. The zero-order valence-corrected chi connectivity index (χ0v) is 17.3. The molecule has 0 aliphatic carbocycles. The number of nitrogens with zero attached hydrogens (tertiary/aromatic N) is 3. The molecule has 4 rings (SSSR count). The Balaban J connectivity index is 1.73. The molecular weight excluding hydrogens is 416 g/mol. The lowest BCUT2D eigenvalue weighted by molar-refractivity contribution is 0.398. The fourth-order valence-corrected chi connectivity index (χ4v) is 3.68. The van der Waals surface area contributed by atoms with Gasteiger partial charge in [-0.05, 0) is 30.3 Å². The Bertz CT molecular complexity index is 1270. The van der Waals surface area contributed by atoms with Crippen molar-refractivity contribution in [1.82, 2.24) is 15.0 Å². The van der Waals surface area contributed by atoms with Crippen molar-refractivity contribution >= 4 is 16.0 Å². The average molecular weight is 434 g/mol. The van der Waals surface area contributed by atoms with Crippen LogP contribution in [0.15, 0.2) is 90.0 Å². The van der Waals surface area contributed by atoms with Crippen LogP contribution in [-0.2, 0) is 10.0 Å². The van der Waals surface area contributed by atoms with Crippen molar-refractivity contribution in [2.45, 2.75) is 4.90 Å². The van der Waals surface area contributed by atoms with Crippen LogP contribution in [0.3, 0.4) is 0 Å². The van der Waals surface area contributed by atoms with E-state index in [0.29, 0.717) is 22.9 Å². The van der Waals surface area contributed by atoms with Gasteiger partial charge in [-0.2, -0.15) is 4.98 Å². The van der Waals surface area contributed by atoms with Gasteiger partial charge in [-0.15, -0.1) is 0 Å². The molecule has 0 aliphatic heterocycles. The molecule has 0 bridgehead atoms. The Labute approximate surface area is 179 Å². The number of ether oxygens (including phenoxy) is 2. The molecule has 0 unspecified atom stereocenters. The molecule has 2 heterocycles. The number of aromatic nitrogens is 3. The zero-order chi connectivity index (χ0) is 21.7. The molecule has 0 amide bonds. The third-order valence-corrected chi connectivity index (χ3v) is 5.53. The van der Waals surface area contributed by atoms with Crippen LogP contribution in [0, 0.1) is 0 Å². The summed E-state index contributed by atoms with van der Waals surface area (Å²) in [7, 11) is -2.36. The van der Waals surface area contributed by atoms with Crippen LogP contribution in [0.5, 0.6) is 17.5 Å².